The van der Waals surface area contributed by atoms with E-state index >= 15 is 0 Å². The predicted octanol–water partition coefficient (Wildman–Crippen LogP) is 2.65. The second kappa shape index (κ2) is 10.0. The van der Waals surface area contributed by atoms with Gasteiger partial charge in [0.15, 0.2) is 11.6 Å². The number of ether oxygens (including phenoxy) is 3. The number of carbonyl (C=O) groups is 2. The van der Waals surface area contributed by atoms with Crippen molar-refractivity contribution in [1.29, 1.82) is 0 Å². The third-order valence-corrected chi connectivity index (χ3v) is 6.09. The molecule has 0 aromatic heterocycles. The summed E-state index contributed by atoms with van der Waals surface area (Å²) in [4.78, 5) is 28.0. The number of phenolic OH excluding ortho intramolecular Hbond substituents is 1. The molecular formula is C24H29NO7. The second-order valence-electron chi connectivity index (χ2n) is 7.77. The van der Waals surface area contributed by atoms with Crippen molar-refractivity contribution in [3.8, 4) is 23.0 Å². The molecule has 2 atom stereocenters. The van der Waals surface area contributed by atoms with Gasteiger partial charge in [0, 0.05) is 23.6 Å². The highest BCUT2D eigenvalue weighted by Crippen LogP contribution is 2.47. The van der Waals surface area contributed by atoms with E-state index in [-0.39, 0.29) is 41.2 Å². The lowest BCUT2D eigenvalue weighted by Crippen LogP contribution is -2.32. The van der Waals surface area contributed by atoms with Crippen LogP contribution in [-0.4, -0.2) is 74.2 Å². The molecule has 1 aliphatic rings. The summed E-state index contributed by atoms with van der Waals surface area (Å²) in [6.45, 7) is 0.617. The average molecular weight is 443 g/mol. The fourth-order valence-electron chi connectivity index (χ4n) is 4.41. The molecule has 1 saturated heterocycles. The third-order valence-electron chi connectivity index (χ3n) is 6.09. The van der Waals surface area contributed by atoms with Crippen molar-refractivity contribution < 1.29 is 34.0 Å². The van der Waals surface area contributed by atoms with Crippen LogP contribution in [0, 0.1) is 0 Å². The van der Waals surface area contributed by atoms with Gasteiger partial charge in [-0.1, -0.05) is 12.1 Å². The SMILES string of the molecule is COc1ccccc1C(=O)CC(=O)c1c(OC)cc(OC)c(C2CCN(C)C2CO)c1O. The molecule has 3 rings (SSSR count). The first-order chi connectivity index (χ1) is 15.4. The molecule has 0 radical (unpaired) electrons. The summed E-state index contributed by atoms with van der Waals surface area (Å²) in [5.74, 6) is -0.679. The van der Waals surface area contributed by atoms with Crippen LogP contribution in [0.3, 0.4) is 0 Å². The molecule has 2 N–H and O–H groups in total. The summed E-state index contributed by atoms with van der Waals surface area (Å²) < 4.78 is 16.1. The van der Waals surface area contributed by atoms with Crippen LogP contribution in [0.25, 0.3) is 0 Å². The zero-order valence-electron chi connectivity index (χ0n) is 18.8. The summed E-state index contributed by atoms with van der Waals surface area (Å²) >= 11 is 0. The monoisotopic (exact) mass is 443 g/mol. The Morgan fingerprint density at radius 2 is 1.69 bits per heavy atom. The van der Waals surface area contributed by atoms with Crippen LogP contribution in [-0.2, 0) is 0 Å². The maximum absolute atomic E-state index is 13.2. The van der Waals surface area contributed by atoms with Gasteiger partial charge in [-0.3, -0.25) is 9.59 Å². The maximum Gasteiger partial charge on any atom is 0.178 e. The van der Waals surface area contributed by atoms with Gasteiger partial charge in [0.05, 0.1) is 39.9 Å². The van der Waals surface area contributed by atoms with Crippen molar-refractivity contribution in [2.75, 3.05) is 41.5 Å². The van der Waals surface area contributed by atoms with Gasteiger partial charge in [0.1, 0.15) is 28.6 Å². The number of aliphatic hydroxyl groups excluding tert-OH is 1. The van der Waals surface area contributed by atoms with Crippen molar-refractivity contribution in [2.24, 2.45) is 0 Å². The van der Waals surface area contributed by atoms with Crippen molar-refractivity contribution in [3.63, 3.8) is 0 Å². The number of carbonyl (C=O) groups excluding carboxylic acids is 2. The molecule has 2 unspecified atom stereocenters. The Labute approximate surface area is 187 Å². The summed E-state index contributed by atoms with van der Waals surface area (Å²) in [7, 11) is 6.20. The van der Waals surface area contributed by atoms with Crippen molar-refractivity contribution >= 4 is 11.6 Å². The van der Waals surface area contributed by atoms with Crippen LogP contribution < -0.4 is 14.2 Å². The molecule has 1 aliphatic heterocycles. The van der Waals surface area contributed by atoms with Crippen molar-refractivity contribution in [3.05, 3.63) is 47.0 Å². The molecule has 0 spiro atoms. The van der Waals surface area contributed by atoms with E-state index in [0.717, 1.165) is 6.54 Å². The topological polar surface area (TPSA) is 106 Å². The number of likely N-dealkylation sites (tertiary alicyclic amines) is 1. The molecule has 2 aromatic carbocycles. The number of nitrogens with zero attached hydrogens (tertiary/aromatic N) is 1. The lowest BCUT2D eigenvalue weighted by atomic mass is 9.87. The maximum atomic E-state index is 13.2. The third kappa shape index (κ3) is 4.28. The molecule has 8 heteroatoms. The summed E-state index contributed by atoms with van der Waals surface area (Å²) in [6.07, 6.45) is 0.204. The molecule has 0 amide bonds. The zero-order chi connectivity index (χ0) is 23.4. The fourth-order valence-corrected chi connectivity index (χ4v) is 4.41. The Morgan fingerprint density at radius 3 is 2.31 bits per heavy atom. The largest absolute Gasteiger partial charge is 0.507 e. The Hall–Kier alpha value is -3.10. The molecule has 8 nitrogen and oxygen atoms in total. The summed E-state index contributed by atoms with van der Waals surface area (Å²) in [6, 6.07) is 7.97. The van der Waals surface area contributed by atoms with Crippen LogP contribution in [0.2, 0.25) is 0 Å². The summed E-state index contributed by atoms with van der Waals surface area (Å²) in [5, 5.41) is 21.1. The molecule has 0 aliphatic carbocycles. The van der Waals surface area contributed by atoms with E-state index in [9.17, 15) is 19.8 Å². The van der Waals surface area contributed by atoms with Crippen LogP contribution in [0.5, 0.6) is 23.0 Å². The number of aliphatic hydroxyl groups is 1. The molecule has 0 bridgehead atoms. The lowest BCUT2D eigenvalue weighted by molar-refractivity contribution is 0.0889. The number of ketones is 2. The van der Waals surface area contributed by atoms with E-state index in [2.05, 4.69) is 0 Å². The number of likely N-dealkylation sites (N-methyl/N-ethyl adjacent to an activating group) is 1. The number of Topliss-reactive ketones (excluding diaryl/α,β-unsaturated/α-hetero) is 2. The van der Waals surface area contributed by atoms with E-state index in [1.54, 1.807) is 30.3 Å². The quantitative estimate of drug-likeness (QED) is 0.450. The van der Waals surface area contributed by atoms with Crippen LogP contribution in [0.15, 0.2) is 30.3 Å². The Kier molecular flexibility index (Phi) is 7.37. The zero-order valence-corrected chi connectivity index (χ0v) is 18.8. The van der Waals surface area contributed by atoms with E-state index in [4.69, 9.17) is 14.2 Å². The number of methoxy groups -OCH3 is 3. The number of phenols is 1. The first-order valence-electron chi connectivity index (χ1n) is 10.4. The van der Waals surface area contributed by atoms with Crippen molar-refractivity contribution in [2.45, 2.75) is 24.8 Å². The van der Waals surface area contributed by atoms with Gasteiger partial charge in [0.2, 0.25) is 0 Å². The Morgan fingerprint density at radius 1 is 1.03 bits per heavy atom. The highest BCUT2D eigenvalue weighted by Gasteiger charge is 2.38. The number of rotatable bonds is 9. The van der Waals surface area contributed by atoms with Gasteiger partial charge in [-0.25, -0.2) is 0 Å². The second-order valence-corrected chi connectivity index (χ2v) is 7.77. The normalized spacial score (nSPS) is 18.4. The van der Waals surface area contributed by atoms with Gasteiger partial charge in [0.25, 0.3) is 0 Å². The van der Waals surface area contributed by atoms with Gasteiger partial charge >= 0.3 is 0 Å². The molecule has 32 heavy (non-hydrogen) atoms. The van der Waals surface area contributed by atoms with Crippen LogP contribution >= 0.6 is 0 Å². The molecule has 0 saturated carbocycles. The highest BCUT2D eigenvalue weighted by molar-refractivity contribution is 6.16. The van der Waals surface area contributed by atoms with Gasteiger partial charge in [-0.05, 0) is 32.1 Å². The Bertz CT molecular complexity index is 1000. The fraction of sp³-hybridized carbons (Fsp3) is 0.417. The minimum absolute atomic E-state index is 0.0715. The van der Waals surface area contributed by atoms with Crippen LogP contribution in [0.1, 0.15) is 45.0 Å². The minimum atomic E-state index is -0.578. The number of hydrogen-bond acceptors (Lipinski definition) is 8. The van der Waals surface area contributed by atoms with E-state index in [1.165, 1.54) is 21.3 Å². The van der Waals surface area contributed by atoms with E-state index in [0.29, 0.717) is 23.5 Å². The number of hydrogen-bond donors (Lipinski definition) is 2. The minimum Gasteiger partial charge on any atom is -0.507 e. The predicted molar refractivity (Wildman–Crippen MR) is 118 cm³/mol. The molecule has 2 aromatic rings. The Balaban J connectivity index is 2.03. The number of benzene rings is 2. The first kappa shape index (κ1) is 23.6. The van der Waals surface area contributed by atoms with E-state index < -0.39 is 18.0 Å². The van der Waals surface area contributed by atoms with Crippen molar-refractivity contribution in [1.82, 2.24) is 4.90 Å². The van der Waals surface area contributed by atoms with Gasteiger partial charge < -0.3 is 29.3 Å². The molecule has 1 heterocycles. The molecule has 172 valence electrons. The smallest absolute Gasteiger partial charge is 0.178 e. The summed E-state index contributed by atoms with van der Waals surface area (Å²) in [5.41, 5.74) is 0.649. The first-order valence-corrected chi connectivity index (χ1v) is 10.4. The lowest BCUT2D eigenvalue weighted by Gasteiger charge is -2.26. The highest BCUT2D eigenvalue weighted by atomic mass is 16.5. The van der Waals surface area contributed by atoms with Crippen LogP contribution in [0.4, 0.5) is 0 Å². The average Bonchev–Trinajstić information content (AvgIpc) is 3.17. The molecular weight excluding hydrogens is 414 g/mol. The molecule has 1 fully saturated rings. The number of aromatic hydroxyl groups is 1. The van der Waals surface area contributed by atoms with Gasteiger partial charge in [-0.15, -0.1) is 0 Å². The standard InChI is InChI=1S/C24H29NO7/c1-25-10-9-14(16(25)13-26)22-20(31-3)12-21(32-4)23(24(22)29)18(28)11-17(27)15-7-5-6-8-19(15)30-2/h5-8,12,14,16,26,29H,9-11,13H2,1-4H3. The van der Waals surface area contributed by atoms with E-state index in [1.807, 2.05) is 11.9 Å². The van der Waals surface area contributed by atoms with Gasteiger partial charge in [-0.2, -0.15) is 0 Å². The number of para-hydroxylation sites is 1.